The highest BCUT2D eigenvalue weighted by molar-refractivity contribution is 14.0. The minimum Gasteiger partial charge on any atom is -0.356 e. The summed E-state index contributed by atoms with van der Waals surface area (Å²) in [6, 6.07) is 12.3. The van der Waals surface area contributed by atoms with Crippen LogP contribution >= 0.6 is 24.0 Å². The molecule has 0 saturated carbocycles. The molecule has 2 aromatic heterocycles. The van der Waals surface area contributed by atoms with Crippen molar-refractivity contribution in [3.05, 3.63) is 71.7 Å². The lowest BCUT2D eigenvalue weighted by Crippen LogP contribution is -2.37. The topological polar surface area (TPSA) is 62.2 Å². The van der Waals surface area contributed by atoms with Crippen molar-refractivity contribution in [2.24, 2.45) is 4.99 Å². The smallest absolute Gasteiger partial charge is 0.191 e. The maximum absolute atomic E-state index is 4.40. The Hall–Kier alpha value is -2.22. The molecule has 26 heavy (non-hydrogen) atoms. The quantitative estimate of drug-likeness (QED) is 0.347. The Labute approximate surface area is 171 Å². The van der Waals surface area contributed by atoms with Crippen LogP contribution in [0.4, 0.5) is 0 Å². The summed E-state index contributed by atoms with van der Waals surface area (Å²) < 4.78 is 0. The second-order valence-electron chi connectivity index (χ2n) is 5.89. The first-order valence-corrected chi connectivity index (χ1v) is 8.44. The molecule has 0 amide bonds. The Morgan fingerprint density at radius 1 is 1.04 bits per heavy atom. The zero-order valence-corrected chi connectivity index (χ0v) is 17.4. The van der Waals surface area contributed by atoms with E-state index in [0.29, 0.717) is 6.54 Å². The number of guanidine groups is 1. The fourth-order valence-corrected chi connectivity index (χ4v) is 2.81. The molecule has 0 saturated heterocycles. The second kappa shape index (κ2) is 10.1. The lowest BCUT2D eigenvalue weighted by Gasteiger charge is -2.13. The number of aryl methyl sites for hydroxylation is 1. The van der Waals surface area contributed by atoms with Crippen LogP contribution in [0.15, 0.2) is 60.0 Å². The van der Waals surface area contributed by atoms with Gasteiger partial charge in [-0.15, -0.1) is 24.0 Å². The van der Waals surface area contributed by atoms with Crippen LogP contribution in [0, 0.1) is 6.92 Å². The number of hydrogen-bond donors (Lipinski definition) is 2. The number of aromatic nitrogens is 2. The molecule has 0 aliphatic rings. The molecule has 5 nitrogen and oxygen atoms in total. The highest BCUT2D eigenvalue weighted by Gasteiger charge is 2.03. The Morgan fingerprint density at radius 3 is 2.65 bits per heavy atom. The molecule has 0 aliphatic carbocycles. The van der Waals surface area contributed by atoms with Crippen LogP contribution in [0.3, 0.4) is 0 Å². The number of rotatable bonds is 5. The number of hydrogen-bond acceptors (Lipinski definition) is 3. The van der Waals surface area contributed by atoms with Crippen molar-refractivity contribution in [1.29, 1.82) is 0 Å². The van der Waals surface area contributed by atoms with E-state index in [-0.39, 0.29) is 24.0 Å². The number of fused-ring (bicyclic) bond motifs is 1. The van der Waals surface area contributed by atoms with Crippen molar-refractivity contribution >= 4 is 40.8 Å². The van der Waals surface area contributed by atoms with Gasteiger partial charge in [0.05, 0.1) is 5.52 Å². The third kappa shape index (κ3) is 5.14. The van der Waals surface area contributed by atoms with Crippen LogP contribution in [0.25, 0.3) is 10.9 Å². The molecule has 0 bridgehead atoms. The second-order valence-corrected chi connectivity index (χ2v) is 5.89. The third-order valence-electron chi connectivity index (χ3n) is 4.23. The van der Waals surface area contributed by atoms with Crippen molar-refractivity contribution in [2.45, 2.75) is 19.9 Å². The highest BCUT2D eigenvalue weighted by atomic mass is 127. The van der Waals surface area contributed by atoms with E-state index in [4.69, 9.17) is 0 Å². The van der Waals surface area contributed by atoms with Gasteiger partial charge in [-0.2, -0.15) is 0 Å². The van der Waals surface area contributed by atoms with Crippen LogP contribution in [0.1, 0.15) is 16.7 Å². The molecule has 3 rings (SSSR count). The van der Waals surface area contributed by atoms with E-state index in [2.05, 4.69) is 44.7 Å². The van der Waals surface area contributed by atoms with Crippen molar-refractivity contribution in [3.8, 4) is 0 Å². The molecular weight excluding hydrogens is 437 g/mol. The Bertz CT molecular complexity index is 873. The predicted octanol–water partition coefficient (Wildman–Crippen LogP) is 3.46. The molecule has 0 unspecified atom stereocenters. The number of nitrogens with one attached hydrogen (secondary N) is 2. The van der Waals surface area contributed by atoms with Crippen LogP contribution in [0.2, 0.25) is 0 Å². The van der Waals surface area contributed by atoms with E-state index >= 15 is 0 Å². The highest BCUT2D eigenvalue weighted by Crippen LogP contribution is 2.15. The molecule has 3 aromatic rings. The number of para-hydroxylation sites is 1. The molecule has 2 heterocycles. The third-order valence-corrected chi connectivity index (χ3v) is 4.23. The first-order valence-electron chi connectivity index (χ1n) is 8.44. The lowest BCUT2D eigenvalue weighted by molar-refractivity contribution is 0.793. The first-order chi connectivity index (χ1) is 12.3. The van der Waals surface area contributed by atoms with E-state index in [1.165, 1.54) is 22.1 Å². The summed E-state index contributed by atoms with van der Waals surface area (Å²) >= 11 is 0. The lowest BCUT2D eigenvalue weighted by atomic mass is 10.1. The van der Waals surface area contributed by atoms with Gasteiger partial charge in [-0.05, 0) is 48.2 Å². The summed E-state index contributed by atoms with van der Waals surface area (Å²) in [6.07, 6.45) is 6.52. The fourth-order valence-electron chi connectivity index (χ4n) is 2.81. The van der Waals surface area contributed by atoms with E-state index in [0.717, 1.165) is 24.4 Å². The van der Waals surface area contributed by atoms with Gasteiger partial charge in [-0.3, -0.25) is 15.0 Å². The average Bonchev–Trinajstić information content (AvgIpc) is 2.66. The fraction of sp³-hybridized carbons (Fsp3) is 0.250. The van der Waals surface area contributed by atoms with Crippen LogP contribution in [-0.2, 0) is 13.0 Å². The minimum atomic E-state index is 0. The van der Waals surface area contributed by atoms with Gasteiger partial charge < -0.3 is 10.6 Å². The van der Waals surface area contributed by atoms with E-state index in [9.17, 15) is 0 Å². The Balaban J connectivity index is 0.00000243. The summed E-state index contributed by atoms with van der Waals surface area (Å²) in [5.41, 5.74) is 4.74. The summed E-state index contributed by atoms with van der Waals surface area (Å²) in [7, 11) is 1.79. The molecule has 0 radical (unpaired) electrons. The van der Waals surface area contributed by atoms with Gasteiger partial charge in [0.2, 0.25) is 0 Å². The van der Waals surface area contributed by atoms with E-state index in [1.807, 2.05) is 42.9 Å². The summed E-state index contributed by atoms with van der Waals surface area (Å²) in [5.74, 6) is 0.799. The first kappa shape index (κ1) is 20.1. The Kier molecular flexibility index (Phi) is 7.77. The number of halogens is 1. The molecule has 0 spiro atoms. The SMILES string of the molecule is CN=C(NCCc1ccncc1C)NCc1ccnc2ccccc12.I. The maximum atomic E-state index is 4.40. The molecular formula is C20H24IN5. The van der Waals surface area contributed by atoms with Gasteiger partial charge in [0, 0.05) is 44.1 Å². The van der Waals surface area contributed by atoms with Crippen LogP contribution in [0.5, 0.6) is 0 Å². The minimum absolute atomic E-state index is 0. The number of aliphatic imine (C=N–C) groups is 1. The largest absolute Gasteiger partial charge is 0.356 e. The molecule has 6 heteroatoms. The zero-order valence-electron chi connectivity index (χ0n) is 15.1. The normalized spacial score (nSPS) is 11.1. The number of pyridine rings is 2. The van der Waals surface area contributed by atoms with Gasteiger partial charge in [0.15, 0.2) is 5.96 Å². The van der Waals surface area contributed by atoms with Crippen LogP contribution in [-0.4, -0.2) is 29.5 Å². The predicted molar refractivity (Wildman–Crippen MR) is 118 cm³/mol. The van der Waals surface area contributed by atoms with Gasteiger partial charge >= 0.3 is 0 Å². The molecule has 0 atom stereocenters. The van der Waals surface area contributed by atoms with E-state index in [1.54, 1.807) is 7.05 Å². The van der Waals surface area contributed by atoms with E-state index < -0.39 is 0 Å². The Morgan fingerprint density at radius 2 is 1.85 bits per heavy atom. The van der Waals surface area contributed by atoms with Gasteiger partial charge in [0.25, 0.3) is 0 Å². The van der Waals surface area contributed by atoms with Crippen molar-refractivity contribution in [1.82, 2.24) is 20.6 Å². The number of benzene rings is 1. The average molecular weight is 461 g/mol. The zero-order chi connectivity index (χ0) is 17.5. The van der Waals surface area contributed by atoms with Crippen molar-refractivity contribution < 1.29 is 0 Å². The van der Waals surface area contributed by atoms with Gasteiger partial charge in [0.1, 0.15) is 0 Å². The molecule has 1 aromatic carbocycles. The molecule has 2 N–H and O–H groups in total. The summed E-state index contributed by atoms with van der Waals surface area (Å²) in [6.45, 7) is 3.61. The monoisotopic (exact) mass is 461 g/mol. The molecule has 136 valence electrons. The standard InChI is InChI=1S/C20H23N5.HI/c1-15-13-22-10-7-16(15)8-12-24-20(21-2)25-14-17-9-11-23-19-6-4-3-5-18(17)19;/h3-7,9-11,13H,8,12,14H2,1-2H3,(H2,21,24,25);1H. The summed E-state index contributed by atoms with van der Waals surface area (Å²) in [4.78, 5) is 12.8. The molecule has 0 fully saturated rings. The number of nitrogens with zero attached hydrogens (tertiary/aromatic N) is 3. The molecule has 0 aliphatic heterocycles. The van der Waals surface area contributed by atoms with Gasteiger partial charge in [-0.1, -0.05) is 18.2 Å². The maximum Gasteiger partial charge on any atom is 0.191 e. The van der Waals surface area contributed by atoms with Gasteiger partial charge in [-0.25, -0.2) is 0 Å². The summed E-state index contributed by atoms with van der Waals surface area (Å²) in [5, 5.41) is 7.91. The van der Waals surface area contributed by atoms with Crippen molar-refractivity contribution in [3.63, 3.8) is 0 Å². The van der Waals surface area contributed by atoms with Crippen molar-refractivity contribution in [2.75, 3.05) is 13.6 Å². The van der Waals surface area contributed by atoms with Crippen LogP contribution < -0.4 is 10.6 Å².